The lowest BCUT2D eigenvalue weighted by Gasteiger charge is -2.20. The van der Waals surface area contributed by atoms with Crippen LogP contribution in [0.3, 0.4) is 0 Å². The van der Waals surface area contributed by atoms with E-state index in [2.05, 4.69) is 30.4 Å². The van der Waals surface area contributed by atoms with E-state index in [1.54, 1.807) is 24.1 Å². The van der Waals surface area contributed by atoms with Crippen molar-refractivity contribution in [3.8, 4) is 0 Å². The number of aromatic nitrogens is 4. The molecule has 0 bridgehead atoms. The van der Waals surface area contributed by atoms with Gasteiger partial charge >= 0.3 is 0 Å². The summed E-state index contributed by atoms with van der Waals surface area (Å²) in [4.78, 5) is 8.54. The van der Waals surface area contributed by atoms with Gasteiger partial charge < -0.3 is 20.1 Å². The van der Waals surface area contributed by atoms with Crippen LogP contribution in [0.15, 0.2) is 18.6 Å². The van der Waals surface area contributed by atoms with Gasteiger partial charge in [-0.3, -0.25) is 4.68 Å². The summed E-state index contributed by atoms with van der Waals surface area (Å²) < 4.78 is 65.7. The third kappa shape index (κ3) is 5.69. The number of nitrogens with one attached hydrogen (secondary N) is 3. The Morgan fingerprint density at radius 1 is 1.24 bits per heavy atom. The Morgan fingerprint density at radius 3 is 2.61 bits per heavy atom. The molecule has 2 aliphatic rings. The molecule has 0 spiro atoms. The van der Waals surface area contributed by atoms with Gasteiger partial charge in [-0.1, -0.05) is 18.5 Å². The lowest BCUT2D eigenvalue weighted by atomic mass is 10.1. The first-order valence-corrected chi connectivity index (χ1v) is 12.2. The van der Waals surface area contributed by atoms with Gasteiger partial charge in [0, 0.05) is 19.2 Å². The summed E-state index contributed by atoms with van der Waals surface area (Å²) >= 11 is 6.25. The Bertz CT molecular complexity index is 1090. The molecule has 2 aliphatic heterocycles. The fraction of sp³-hybridized carbons (Fsp3) is 0.611. The molecular formula is C18H24ClF2N7O4S. The molecule has 2 saturated heterocycles. The predicted molar refractivity (Wildman–Crippen MR) is 116 cm³/mol. The molecule has 11 nitrogen and oxygen atoms in total. The fourth-order valence-corrected chi connectivity index (χ4v) is 5.48. The van der Waals surface area contributed by atoms with Gasteiger partial charge in [0.1, 0.15) is 17.2 Å². The number of fused-ring (bicyclic) bond motifs is 1. The number of hydrogen-bond donors (Lipinski definition) is 3. The van der Waals surface area contributed by atoms with Crippen LogP contribution in [0.5, 0.6) is 0 Å². The molecule has 182 valence electrons. The number of anilines is 3. The van der Waals surface area contributed by atoms with Crippen molar-refractivity contribution in [2.24, 2.45) is 13.0 Å². The third-order valence-corrected chi connectivity index (χ3v) is 7.23. The van der Waals surface area contributed by atoms with Gasteiger partial charge in [0.25, 0.3) is 0 Å². The second-order valence-electron chi connectivity index (χ2n) is 8.08. The minimum absolute atomic E-state index is 0.0567. The second kappa shape index (κ2) is 9.62. The number of alkyl halides is 2. The van der Waals surface area contributed by atoms with Gasteiger partial charge in [0.15, 0.2) is 5.82 Å². The topological polar surface area (TPSA) is 132 Å². The summed E-state index contributed by atoms with van der Waals surface area (Å²) in [6.07, 6.45) is 1.05. The monoisotopic (exact) mass is 507 g/mol. The van der Waals surface area contributed by atoms with Crippen LogP contribution in [0, 0.1) is 5.92 Å². The van der Waals surface area contributed by atoms with E-state index >= 15 is 0 Å². The average molecular weight is 508 g/mol. The van der Waals surface area contributed by atoms with E-state index in [9.17, 15) is 17.2 Å². The second-order valence-corrected chi connectivity index (χ2v) is 10.3. The van der Waals surface area contributed by atoms with Gasteiger partial charge in [0.05, 0.1) is 49.1 Å². The van der Waals surface area contributed by atoms with Crippen LogP contribution in [-0.2, 0) is 26.5 Å². The molecule has 5 atom stereocenters. The molecule has 3 N–H and O–H groups in total. The molecule has 0 saturated carbocycles. The summed E-state index contributed by atoms with van der Waals surface area (Å²) in [7, 11) is -2.15. The van der Waals surface area contributed by atoms with Crippen LogP contribution in [0.4, 0.5) is 26.2 Å². The standard InChI is InChI=1S/C18H24ClF2N7O4S/c1-9(16(20)21)8-33(29,30)27-13-7-32-14-12(6-31-15(13)14)25-17-11(19)4-22-18(26-17)24-10-3-23-28(2)5-10/h3-5,9,12-16,27H,6-8H2,1-2H3,(H2,22,24,25,26)/t9?,12-,13+,14?,15?/m1/s1. The van der Waals surface area contributed by atoms with Crippen LogP contribution in [0.25, 0.3) is 0 Å². The smallest absolute Gasteiger partial charge is 0.242 e. The van der Waals surface area contributed by atoms with Crippen molar-refractivity contribution in [2.45, 2.75) is 37.6 Å². The van der Waals surface area contributed by atoms with Crippen LogP contribution in [-0.4, -0.2) is 77.8 Å². The number of hydrogen-bond acceptors (Lipinski definition) is 9. The molecular weight excluding hydrogens is 484 g/mol. The normalized spacial score (nSPS) is 25.9. The van der Waals surface area contributed by atoms with E-state index in [0.29, 0.717) is 17.5 Å². The third-order valence-electron chi connectivity index (χ3n) is 5.32. The molecule has 2 aromatic rings. The highest BCUT2D eigenvalue weighted by atomic mass is 35.5. The Labute approximate surface area is 194 Å². The first-order chi connectivity index (χ1) is 15.6. The molecule has 15 heteroatoms. The molecule has 0 aromatic carbocycles. The van der Waals surface area contributed by atoms with Crippen molar-refractivity contribution in [3.63, 3.8) is 0 Å². The maximum atomic E-state index is 12.7. The lowest BCUT2D eigenvalue weighted by Crippen LogP contribution is -2.46. The Balaban J connectivity index is 1.39. The first kappa shape index (κ1) is 24.0. The van der Waals surface area contributed by atoms with E-state index < -0.39 is 46.4 Å². The van der Waals surface area contributed by atoms with Gasteiger partial charge in [-0.05, 0) is 0 Å². The van der Waals surface area contributed by atoms with Crippen LogP contribution < -0.4 is 15.4 Å². The maximum Gasteiger partial charge on any atom is 0.242 e. The van der Waals surface area contributed by atoms with Crippen molar-refractivity contribution in [1.29, 1.82) is 0 Å². The zero-order chi connectivity index (χ0) is 23.8. The van der Waals surface area contributed by atoms with E-state index in [-0.39, 0.29) is 24.3 Å². The van der Waals surface area contributed by atoms with Gasteiger partial charge in [-0.2, -0.15) is 10.1 Å². The minimum atomic E-state index is -3.93. The highest BCUT2D eigenvalue weighted by molar-refractivity contribution is 7.89. The minimum Gasteiger partial charge on any atom is -0.371 e. The Morgan fingerprint density at radius 2 is 1.94 bits per heavy atom. The van der Waals surface area contributed by atoms with Crippen molar-refractivity contribution in [3.05, 3.63) is 23.6 Å². The van der Waals surface area contributed by atoms with Crippen molar-refractivity contribution in [2.75, 3.05) is 29.6 Å². The van der Waals surface area contributed by atoms with E-state index in [4.69, 9.17) is 21.1 Å². The number of sulfonamides is 1. The Hall–Kier alpha value is -2.13. The van der Waals surface area contributed by atoms with Crippen LogP contribution >= 0.6 is 11.6 Å². The molecule has 2 fully saturated rings. The van der Waals surface area contributed by atoms with Crippen LogP contribution in [0.1, 0.15) is 6.92 Å². The van der Waals surface area contributed by atoms with E-state index in [1.807, 2.05) is 0 Å². The molecule has 33 heavy (non-hydrogen) atoms. The number of nitrogens with zero attached hydrogens (tertiary/aromatic N) is 4. The summed E-state index contributed by atoms with van der Waals surface area (Å²) in [5.41, 5.74) is 0.699. The number of rotatable bonds is 9. The van der Waals surface area contributed by atoms with Crippen LogP contribution in [0.2, 0.25) is 5.02 Å². The van der Waals surface area contributed by atoms with Gasteiger partial charge in [-0.25, -0.2) is 26.9 Å². The summed E-state index contributed by atoms with van der Waals surface area (Å²) in [6.45, 7) is 1.46. The number of halogens is 3. The maximum absolute atomic E-state index is 12.7. The largest absolute Gasteiger partial charge is 0.371 e. The molecule has 0 aliphatic carbocycles. The number of ether oxygens (including phenoxy) is 2. The predicted octanol–water partition coefficient (Wildman–Crippen LogP) is 1.37. The molecule has 0 amide bonds. The molecule has 4 rings (SSSR count). The van der Waals surface area contributed by atoms with E-state index in [1.165, 1.54) is 13.1 Å². The lowest BCUT2D eigenvalue weighted by molar-refractivity contribution is 0.0689. The van der Waals surface area contributed by atoms with Crippen molar-refractivity contribution in [1.82, 2.24) is 24.5 Å². The summed E-state index contributed by atoms with van der Waals surface area (Å²) in [5.74, 6) is -1.31. The van der Waals surface area contributed by atoms with Crippen molar-refractivity contribution >= 4 is 39.1 Å². The fourth-order valence-electron chi connectivity index (χ4n) is 3.74. The zero-order valence-electron chi connectivity index (χ0n) is 17.8. The van der Waals surface area contributed by atoms with Gasteiger partial charge in [-0.15, -0.1) is 0 Å². The summed E-state index contributed by atoms with van der Waals surface area (Å²) in [6, 6.07) is -1.04. The van der Waals surface area contributed by atoms with E-state index in [0.717, 1.165) is 0 Å². The average Bonchev–Trinajstić information content (AvgIpc) is 3.43. The highest BCUT2D eigenvalue weighted by Gasteiger charge is 2.49. The number of aryl methyl sites for hydroxylation is 1. The van der Waals surface area contributed by atoms with Gasteiger partial charge in [0.2, 0.25) is 22.4 Å². The first-order valence-electron chi connectivity index (χ1n) is 10.2. The molecule has 3 unspecified atom stereocenters. The molecule has 4 heterocycles. The molecule has 0 radical (unpaired) electrons. The summed E-state index contributed by atoms with van der Waals surface area (Å²) in [5, 5.41) is 10.5. The molecule has 2 aromatic heterocycles. The highest BCUT2D eigenvalue weighted by Crippen LogP contribution is 2.31. The Kier molecular flexibility index (Phi) is 7.00. The quantitative estimate of drug-likeness (QED) is 0.460. The SMILES string of the molecule is CC(CS(=O)(=O)N[C@H]1COC2C1OC[C@H]2Nc1nc(Nc2cnn(C)c2)ncc1Cl)C(F)F. The van der Waals surface area contributed by atoms with Crippen molar-refractivity contribution < 1.29 is 26.7 Å². The zero-order valence-corrected chi connectivity index (χ0v) is 19.4.